The maximum absolute atomic E-state index is 10.8. The molecule has 5 nitrogen and oxygen atoms in total. The Balaban J connectivity index is 2.33. The number of carboxylic acids is 1. The number of carbonyl (C=O) groups is 2. The number of aliphatic carboxylic acids is 1. The third-order valence-corrected chi connectivity index (χ3v) is 4.31. The minimum atomic E-state index is -1.03. The normalized spacial score (nSPS) is 21.1. The number of carbonyl (C=O) groups excluding carboxylic acids is 1. The molecule has 15 heavy (non-hydrogen) atoms. The van der Waals surface area contributed by atoms with Crippen molar-refractivity contribution in [1.82, 2.24) is 4.90 Å². The van der Waals surface area contributed by atoms with Gasteiger partial charge < -0.3 is 15.6 Å². The summed E-state index contributed by atoms with van der Waals surface area (Å²) < 4.78 is 0. The van der Waals surface area contributed by atoms with Gasteiger partial charge in [-0.25, -0.2) is 0 Å². The molecule has 1 rings (SSSR count). The summed E-state index contributed by atoms with van der Waals surface area (Å²) in [4.78, 5) is 23.3. The zero-order valence-corrected chi connectivity index (χ0v) is 9.80. The van der Waals surface area contributed by atoms with Gasteiger partial charge in [0.1, 0.15) is 17.7 Å². The number of hydrogen-bond acceptors (Lipinski definition) is 6. The van der Waals surface area contributed by atoms with E-state index in [1.807, 2.05) is 4.90 Å². The van der Waals surface area contributed by atoms with E-state index in [0.29, 0.717) is 0 Å². The van der Waals surface area contributed by atoms with Gasteiger partial charge in [-0.15, -0.1) is 23.5 Å². The van der Waals surface area contributed by atoms with Crippen molar-refractivity contribution in [3.8, 4) is 0 Å². The first-order chi connectivity index (χ1) is 7.15. The van der Waals surface area contributed by atoms with Crippen molar-refractivity contribution < 1.29 is 14.7 Å². The molecule has 1 heterocycles. The van der Waals surface area contributed by atoms with E-state index >= 15 is 0 Å². The third-order valence-electron chi connectivity index (χ3n) is 2.02. The lowest BCUT2D eigenvalue weighted by atomic mass is 10.4. The molecule has 1 aliphatic rings. The van der Waals surface area contributed by atoms with Gasteiger partial charge in [-0.3, -0.25) is 9.69 Å². The molecule has 0 aromatic carbocycles. The van der Waals surface area contributed by atoms with E-state index in [1.165, 1.54) is 11.8 Å². The zero-order valence-electron chi connectivity index (χ0n) is 8.17. The molecule has 0 bridgehead atoms. The van der Waals surface area contributed by atoms with Crippen LogP contribution >= 0.6 is 23.5 Å². The summed E-state index contributed by atoms with van der Waals surface area (Å²) in [5.41, 5.74) is 5.36. The molecule has 1 aliphatic heterocycles. The maximum atomic E-state index is 10.8. The highest BCUT2D eigenvalue weighted by Gasteiger charge is 2.23. The van der Waals surface area contributed by atoms with Gasteiger partial charge >= 0.3 is 5.97 Å². The molecule has 0 aromatic rings. The van der Waals surface area contributed by atoms with Crippen LogP contribution in [-0.2, 0) is 9.59 Å². The molecule has 7 heteroatoms. The summed E-state index contributed by atoms with van der Waals surface area (Å²) in [5, 5.41) is 8.33. The van der Waals surface area contributed by atoms with Gasteiger partial charge in [0.2, 0.25) is 0 Å². The summed E-state index contributed by atoms with van der Waals surface area (Å²) in [5.74, 6) is 1.09. The van der Waals surface area contributed by atoms with Crippen LogP contribution in [0.4, 0.5) is 0 Å². The lowest BCUT2D eigenvalue weighted by Gasteiger charge is -2.21. The molecule has 1 saturated heterocycles. The molecule has 2 unspecified atom stereocenters. The van der Waals surface area contributed by atoms with Crippen LogP contribution in [0.5, 0.6) is 0 Å². The first-order valence-electron chi connectivity index (χ1n) is 4.52. The summed E-state index contributed by atoms with van der Waals surface area (Å²) in [6, 6.07) is -0.896. The SMILES string of the molecule is NC(CSC(C=O)N1CCSC1)C(=O)O. The number of hydrogen-bond donors (Lipinski definition) is 2. The van der Waals surface area contributed by atoms with Crippen LogP contribution in [0, 0.1) is 0 Å². The summed E-state index contributed by atoms with van der Waals surface area (Å²) in [7, 11) is 0. The fourth-order valence-corrected chi connectivity index (χ4v) is 3.26. The van der Waals surface area contributed by atoms with Crippen molar-refractivity contribution in [3.05, 3.63) is 0 Å². The third kappa shape index (κ3) is 4.02. The molecule has 2 atom stereocenters. The van der Waals surface area contributed by atoms with Gasteiger partial charge in [0.25, 0.3) is 0 Å². The second kappa shape index (κ2) is 6.37. The van der Waals surface area contributed by atoms with Crippen LogP contribution in [-0.4, -0.2) is 57.6 Å². The van der Waals surface area contributed by atoms with Crippen LogP contribution in [0.3, 0.4) is 0 Å². The van der Waals surface area contributed by atoms with Gasteiger partial charge in [0.15, 0.2) is 0 Å². The standard InChI is InChI=1S/C8H14N2O3S2/c9-6(8(12)13)4-15-7(3-11)10-1-2-14-5-10/h3,6-7H,1-2,4-5,9H2,(H,12,13). The first-order valence-corrected chi connectivity index (χ1v) is 6.72. The van der Waals surface area contributed by atoms with Crippen molar-refractivity contribution in [2.45, 2.75) is 11.4 Å². The predicted molar refractivity (Wildman–Crippen MR) is 62.0 cm³/mol. The lowest BCUT2D eigenvalue weighted by Crippen LogP contribution is -2.37. The molecule has 0 radical (unpaired) electrons. The van der Waals surface area contributed by atoms with Crippen LogP contribution < -0.4 is 5.73 Å². The molecule has 86 valence electrons. The number of aldehydes is 1. The topological polar surface area (TPSA) is 83.6 Å². The van der Waals surface area contributed by atoms with Crippen LogP contribution in [0.15, 0.2) is 0 Å². The van der Waals surface area contributed by atoms with Crippen molar-refractivity contribution in [2.75, 3.05) is 23.9 Å². The molecule has 0 amide bonds. The van der Waals surface area contributed by atoms with Crippen LogP contribution in [0.25, 0.3) is 0 Å². The highest BCUT2D eigenvalue weighted by atomic mass is 32.2. The molecular weight excluding hydrogens is 236 g/mol. The first kappa shape index (κ1) is 12.8. The van der Waals surface area contributed by atoms with E-state index in [0.717, 1.165) is 24.5 Å². The molecular formula is C8H14N2O3S2. The smallest absolute Gasteiger partial charge is 0.321 e. The molecule has 0 spiro atoms. The van der Waals surface area contributed by atoms with E-state index in [-0.39, 0.29) is 11.1 Å². The van der Waals surface area contributed by atoms with Crippen molar-refractivity contribution in [2.24, 2.45) is 5.73 Å². The Morgan fingerprint density at radius 3 is 2.93 bits per heavy atom. The minimum Gasteiger partial charge on any atom is -0.480 e. The Kier molecular flexibility index (Phi) is 5.44. The Morgan fingerprint density at radius 1 is 1.73 bits per heavy atom. The van der Waals surface area contributed by atoms with Gasteiger partial charge in [0, 0.05) is 23.9 Å². The Morgan fingerprint density at radius 2 is 2.47 bits per heavy atom. The van der Waals surface area contributed by atoms with E-state index in [1.54, 1.807) is 11.8 Å². The number of rotatable bonds is 6. The van der Waals surface area contributed by atoms with Gasteiger partial charge in [-0.2, -0.15) is 0 Å². The Bertz CT molecular complexity index is 234. The van der Waals surface area contributed by atoms with E-state index in [9.17, 15) is 9.59 Å². The van der Waals surface area contributed by atoms with Crippen LogP contribution in [0.1, 0.15) is 0 Å². The van der Waals surface area contributed by atoms with E-state index in [4.69, 9.17) is 10.8 Å². The van der Waals surface area contributed by atoms with Crippen molar-refractivity contribution >= 4 is 35.8 Å². The van der Waals surface area contributed by atoms with Gasteiger partial charge in [0.05, 0.1) is 0 Å². The Hall–Kier alpha value is -0.240. The second-order valence-corrected chi connectivity index (χ2v) is 5.38. The quantitative estimate of drug-likeness (QED) is 0.624. The average molecular weight is 250 g/mol. The second-order valence-electron chi connectivity index (χ2n) is 3.15. The lowest BCUT2D eigenvalue weighted by molar-refractivity contribution is -0.137. The summed E-state index contributed by atoms with van der Waals surface area (Å²) in [6.45, 7) is 0.878. The number of thioether (sulfide) groups is 2. The van der Waals surface area contributed by atoms with Crippen LogP contribution in [0.2, 0.25) is 0 Å². The maximum Gasteiger partial charge on any atom is 0.321 e. The molecule has 0 aliphatic carbocycles. The number of nitrogens with zero attached hydrogens (tertiary/aromatic N) is 1. The fraction of sp³-hybridized carbons (Fsp3) is 0.750. The summed E-state index contributed by atoms with van der Waals surface area (Å²) >= 11 is 3.07. The average Bonchev–Trinajstić information content (AvgIpc) is 2.71. The zero-order chi connectivity index (χ0) is 11.3. The molecule has 3 N–H and O–H groups in total. The highest BCUT2D eigenvalue weighted by molar-refractivity contribution is 8.01. The minimum absolute atomic E-state index is 0.259. The number of nitrogens with two attached hydrogens (primary N) is 1. The van der Waals surface area contributed by atoms with Crippen molar-refractivity contribution in [3.63, 3.8) is 0 Å². The van der Waals surface area contributed by atoms with Gasteiger partial charge in [-0.1, -0.05) is 0 Å². The highest BCUT2D eigenvalue weighted by Crippen LogP contribution is 2.22. The van der Waals surface area contributed by atoms with E-state index in [2.05, 4.69) is 0 Å². The number of carboxylic acid groups (broad SMARTS) is 1. The largest absolute Gasteiger partial charge is 0.480 e. The molecule has 0 saturated carbocycles. The van der Waals surface area contributed by atoms with Gasteiger partial charge in [-0.05, 0) is 0 Å². The van der Waals surface area contributed by atoms with E-state index < -0.39 is 12.0 Å². The monoisotopic (exact) mass is 250 g/mol. The van der Waals surface area contributed by atoms with Crippen molar-refractivity contribution in [1.29, 1.82) is 0 Å². The fourth-order valence-electron chi connectivity index (χ4n) is 1.13. The predicted octanol–water partition coefficient (Wildman–Crippen LogP) is -0.337. The summed E-state index contributed by atoms with van der Waals surface area (Å²) in [6.07, 6.45) is 0.852. The molecule has 1 fully saturated rings. The molecule has 0 aromatic heterocycles. The Labute approximate surface area is 96.8 Å².